The predicted octanol–water partition coefficient (Wildman–Crippen LogP) is 2.31. The summed E-state index contributed by atoms with van der Waals surface area (Å²) in [6.45, 7) is 3.12. The van der Waals surface area contributed by atoms with Crippen LogP contribution >= 0.6 is 11.3 Å². The molecule has 0 radical (unpaired) electrons. The number of nitrogen functional groups attached to an aromatic ring is 1. The number of anilines is 1. The molecule has 0 aromatic carbocycles. The molecule has 16 heavy (non-hydrogen) atoms. The molecule has 0 aliphatic heterocycles. The van der Waals surface area contributed by atoms with Gasteiger partial charge in [0.1, 0.15) is 6.61 Å². The number of nitrogens with two attached hydrogens (primary N) is 1. The third-order valence-electron chi connectivity index (χ3n) is 1.97. The lowest BCUT2D eigenvalue weighted by Gasteiger charge is -1.95. The van der Waals surface area contributed by atoms with Crippen LogP contribution in [-0.4, -0.2) is 16.7 Å². The Hall–Kier alpha value is -1.40. The van der Waals surface area contributed by atoms with E-state index in [4.69, 9.17) is 15.0 Å². The molecule has 6 heteroatoms. The second-order valence-corrected chi connectivity index (χ2v) is 4.21. The summed E-state index contributed by atoms with van der Waals surface area (Å²) >= 11 is 1.45. The molecule has 0 saturated heterocycles. The zero-order valence-corrected chi connectivity index (χ0v) is 9.79. The van der Waals surface area contributed by atoms with Gasteiger partial charge in [0.2, 0.25) is 0 Å². The Morgan fingerprint density at radius 2 is 2.44 bits per heavy atom. The van der Waals surface area contributed by atoms with E-state index in [9.17, 15) is 0 Å². The van der Waals surface area contributed by atoms with Crippen molar-refractivity contribution in [1.82, 2.24) is 10.1 Å². The molecule has 86 valence electrons. The summed E-state index contributed by atoms with van der Waals surface area (Å²) in [6, 6.07) is 1.87. The molecule has 2 aromatic heterocycles. The minimum absolute atomic E-state index is 0.376. The van der Waals surface area contributed by atoms with Gasteiger partial charge in [-0.25, -0.2) is 0 Å². The Morgan fingerprint density at radius 3 is 3.12 bits per heavy atom. The first-order chi connectivity index (χ1) is 7.81. The first kappa shape index (κ1) is 11.1. The fraction of sp³-hybridized carbons (Fsp3) is 0.400. The third kappa shape index (κ3) is 2.40. The molecule has 0 aliphatic rings. The van der Waals surface area contributed by atoms with E-state index in [1.165, 1.54) is 11.3 Å². The maximum atomic E-state index is 5.76. The number of rotatable bonds is 5. The average Bonchev–Trinajstić information content (AvgIpc) is 2.87. The molecule has 2 N–H and O–H groups in total. The van der Waals surface area contributed by atoms with Crippen molar-refractivity contribution >= 4 is 16.3 Å². The van der Waals surface area contributed by atoms with E-state index in [1.807, 2.05) is 18.4 Å². The van der Waals surface area contributed by atoms with Gasteiger partial charge in [0.05, 0.1) is 10.6 Å². The first-order valence-corrected chi connectivity index (χ1v) is 5.93. The quantitative estimate of drug-likeness (QED) is 0.810. The van der Waals surface area contributed by atoms with Crippen LogP contribution in [0.15, 0.2) is 16.0 Å². The largest absolute Gasteiger partial charge is 0.390 e. The van der Waals surface area contributed by atoms with Crippen molar-refractivity contribution in [1.29, 1.82) is 0 Å². The number of nitrogens with zero attached hydrogens (tertiary/aromatic N) is 2. The standard InChI is InChI=1S/C10H13N3O2S/c1-2-4-14-6-8-12-10(15-13-8)7-3-5-16-9(7)11/h3,5H,2,4,6,11H2,1H3. The van der Waals surface area contributed by atoms with Crippen LogP contribution in [0.5, 0.6) is 0 Å². The van der Waals surface area contributed by atoms with Crippen molar-refractivity contribution in [2.24, 2.45) is 0 Å². The molecule has 0 bridgehead atoms. The summed E-state index contributed by atoms with van der Waals surface area (Å²) < 4.78 is 10.4. The summed E-state index contributed by atoms with van der Waals surface area (Å²) in [5, 5.41) is 6.40. The molecule has 0 atom stereocenters. The highest BCUT2D eigenvalue weighted by Crippen LogP contribution is 2.28. The van der Waals surface area contributed by atoms with Gasteiger partial charge in [-0.3, -0.25) is 0 Å². The second kappa shape index (κ2) is 5.09. The average molecular weight is 239 g/mol. The maximum absolute atomic E-state index is 5.76. The molecule has 5 nitrogen and oxygen atoms in total. The van der Waals surface area contributed by atoms with Gasteiger partial charge in [-0.1, -0.05) is 12.1 Å². The first-order valence-electron chi connectivity index (χ1n) is 5.05. The van der Waals surface area contributed by atoms with Gasteiger partial charge in [0, 0.05) is 6.61 Å². The van der Waals surface area contributed by atoms with Crippen molar-refractivity contribution < 1.29 is 9.26 Å². The monoisotopic (exact) mass is 239 g/mol. The van der Waals surface area contributed by atoms with Crippen molar-refractivity contribution in [3.8, 4) is 11.5 Å². The third-order valence-corrected chi connectivity index (χ3v) is 2.72. The van der Waals surface area contributed by atoms with Crippen LogP contribution in [0.2, 0.25) is 0 Å². The number of hydrogen-bond donors (Lipinski definition) is 1. The van der Waals surface area contributed by atoms with Crippen molar-refractivity contribution in [2.75, 3.05) is 12.3 Å². The summed E-state index contributed by atoms with van der Waals surface area (Å²) in [7, 11) is 0. The molecule has 0 saturated carbocycles. The maximum Gasteiger partial charge on any atom is 0.260 e. The van der Waals surface area contributed by atoms with Gasteiger partial charge in [-0.2, -0.15) is 4.98 Å². The lowest BCUT2D eigenvalue weighted by molar-refractivity contribution is 0.114. The summed E-state index contributed by atoms with van der Waals surface area (Å²) in [6.07, 6.45) is 0.974. The van der Waals surface area contributed by atoms with Gasteiger partial charge in [-0.05, 0) is 17.9 Å². The molecule has 0 aliphatic carbocycles. The zero-order valence-electron chi connectivity index (χ0n) is 8.97. The number of aromatic nitrogens is 2. The second-order valence-electron chi connectivity index (χ2n) is 3.27. The molecular weight excluding hydrogens is 226 g/mol. The van der Waals surface area contributed by atoms with Crippen LogP contribution in [-0.2, 0) is 11.3 Å². The van der Waals surface area contributed by atoms with Gasteiger partial charge >= 0.3 is 0 Å². The van der Waals surface area contributed by atoms with E-state index in [0.717, 1.165) is 12.0 Å². The van der Waals surface area contributed by atoms with Gasteiger partial charge in [0.25, 0.3) is 5.89 Å². The fourth-order valence-corrected chi connectivity index (χ4v) is 1.86. The number of ether oxygens (including phenoxy) is 1. The zero-order chi connectivity index (χ0) is 11.4. The predicted molar refractivity (Wildman–Crippen MR) is 62.0 cm³/mol. The smallest absolute Gasteiger partial charge is 0.260 e. The number of hydrogen-bond acceptors (Lipinski definition) is 6. The highest BCUT2D eigenvalue weighted by molar-refractivity contribution is 7.14. The SMILES string of the molecule is CCCOCc1noc(-c2ccsc2N)n1. The Morgan fingerprint density at radius 1 is 1.56 bits per heavy atom. The lowest BCUT2D eigenvalue weighted by atomic mass is 10.3. The van der Waals surface area contributed by atoms with Gasteiger partial charge < -0.3 is 15.0 Å². The summed E-state index contributed by atoms with van der Waals surface area (Å²) in [4.78, 5) is 4.21. The molecule has 0 spiro atoms. The van der Waals surface area contributed by atoms with E-state index in [-0.39, 0.29) is 0 Å². The van der Waals surface area contributed by atoms with Crippen molar-refractivity contribution in [3.05, 3.63) is 17.3 Å². The fourth-order valence-electron chi connectivity index (χ4n) is 1.23. The molecule has 0 amide bonds. The topological polar surface area (TPSA) is 74.2 Å². The Bertz CT molecular complexity index is 452. The molecule has 2 rings (SSSR count). The molecule has 2 aromatic rings. The lowest BCUT2D eigenvalue weighted by Crippen LogP contribution is -1.95. The van der Waals surface area contributed by atoms with E-state index in [1.54, 1.807) is 0 Å². The van der Waals surface area contributed by atoms with E-state index in [2.05, 4.69) is 10.1 Å². The number of thiophene rings is 1. The van der Waals surface area contributed by atoms with Crippen LogP contribution in [0.3, 0.4) is 0 Å². The highest BCUT2D eigenvalue weighted by atomic mass is 32.1. The van der Waals surface area contributed by atoms with Crippen LogP contribution < -0.4 is 5.73 Å². The Balaban J connectivity index is 2.05. The minimum Gasteiger partial charge on any atom is -0.390 e. The Labute approximate surface area is 97.2 Å². The van der Waals surface area contributed by atoms with Gasteiger partial charge in [-0.15, -0.1) is 11.3 Å². The van der Waals surface area contributed by atoms with Crippen molar-refractivity contribution in [3.63, 3.8) is 0 Å². The normalized spacial score (nSPS) is 10.8. The van der Waals surface area contributed by atoms with E-state index >= 15 is 0 Å². The highest BCUT2D eigenvalue weighted by Gasteiger charge is 2.12. The van der Waals surface area contributed by atoms with Crippen LogP contribution in [0.25, 0.3) is 11.5 Å². The molecule has 0 fully saturated rings. The van der Waals surface area contributed by atoms with Crippen LogP contribution in [0, 0.1) is 0 Å². The van der Waals surface area contributed by atoms with E-state index < -0.39 is 0 Å². The Kier molecular flexibility index (Phi) is 3.53. The molecular formula is C10H13N3O2S. The van der Waals surface area contributed by atoms with E-state index in [0.29, 0.717) is 29.9 Å². The van der Waals surface area contributed by atoms with Gasteiger partial charge in [0.15, 0.2) is 5.82 Å². The summed E-state index contributed by atoms with van der Waals surface area (Å²) in [5.41, 5.74) is 6.55. The van der Waals surface area contributed by atoms with Crippen LogP contribution in [0.4, 0.5) is 5.00 Å². The minimum atomic E-state index is 0.376. The summed E-state index contributed by atoms with van der Waals surface area (Å²) in [5.74, 6) is 1.00. The van der Waals surface area contributed by atoms with Crippen LogP contribution in [0.1, 0.15) is 19.2 Å². The van der Waals surface area contributed by atoms with Crippen molar-refractivity contribution in [2.45, 2.75) is 20.0 Å². The molecule has 0 unspecified atom stereocenters. The molecule has 2 heterocycles.